The molecule has 0 unspecified atom stereocenters. The number of nitrogens with zero attached hydrogens (tertiary/aromatic N) is 5. The van der Waals surface area contributed by atoms with Crippen LogP contribution < -0.4 is 4.90 Å². The Bertz CT molecular complexity index is 1340. The van der Waals surface area contributed by atoms with E-state index in [0.29, 0.717) is 29.7 Å². The van der Waals surface area contributed by atoms with Crippen molar-refractivity contribution in [2.45, 2.75) is 45.6 Å². The van der Waals surface area contributed by atoms with Crippen LogP contribution in [-0.2, 0) is 11.2 Å². The van der Waals surface area contributed by atoms with Gasteiger partial charge in [-0.3, -0.25) is 4.40 Å². The molecule has 2 aromatic carbocycles. The van der Waals surface area contributed by atoms with Crippen molar-refractivity contribution in [1.29, 1.82) is 0 Å². The molecule has 2 heterocycles. The van der Waals surface area contributed by atoms with Crippen LogP contribution in [0, 0.1) is 18.6 Å². The lowest BCUT2D eigenvalue weighted by atomic mass is 9.98. The standard InChI is InChI=1S/C24H25F4N5O/c1-14-30-31-23-29-22(21-18(26)6-5-7-19(21)33(14)23)32(13-20(27)28)17-11-15(10-16(25)12-17)8-9-24(2,3)34-4/h5-7,10-12,20H,8-9,13H2,1-4H3. The lowest BCUT2D eigenvalue weighted by Gasteiger charge is -2.26. The van der Waals surface area contributed by atoms with Gasteiger partial charge in [-0.2, -0.15) is 4.98 Å². The fourth-order valence-electron chi connectivity index (χ4n) is 3.91. The number of rotatable bonds is 8. The third kappa shape index (κ3) is 4.68. The number of fused-ring (bicyclic) bond motifs is 3. The van der Waals surface area contributed by atoms with Crippen molar-refractivity contribution in [1.82, 2.24) is 19.6 Å². The van der Waals surface area contributed by atoms with Crippen LogP contribution in [-0.4, -0.2) is 45.3 Å². The number of aromatic nitrogens is 4. The molecule has 2 aromatic heterocycles. The number of methoxy groups -OCH3 is 1. The first-order valence-electron chi connectivity index (χ1n) is 10.8. The number of hydrogen-bond donors (Lipinski definition) is 0. The zero-order valence-electron chi connectivity index (χ0n) is 19.3. The molecular formula is C24H25F4N5O. The van der Waals surface area contributed by atoms with Crippen LogP contribution in [0.3, 0.4) is 0 Å². The van der Waals surface area contributed by atoms with E-state index in [4.69, 9.17) is 4.74 Å². The second-order valence-corrected chi connectivity index (χ2v) is 8.74. The largest absolute Gasteiger partial charge is 0.379 e. The van der Waals surface area contributed by atoms with E-state index >= 15 is 4.39 Å². The van der Waals surface area contributed by atoms with E-state index in [-0.39, 0.29) is 22.7 Å². The van der Waals surface area contributed by atoms with Crippen molar-refractivity contribution < 1.29 is 22.3 Å². The highest BCUT2D eigenvalue weighted by atomic mass is 19.3. The van der Waals surface area contributed by atoms with Gasteiger partial charge >= 0.3 is 0 Å². The van der Waals surface area contributed by atoms with Crippen molar-refractivity contribution >= 4 is 28.2 Å². The smallest absolute Gasteiger partial charge is 0.257 e. The Morgan fingerprint density at radius 2 is 1.88 bits per heavy atom. The molecule has 0 aliphatic heterocycles. The van der Waals surface area contributed by atoms with Gasteiger partial charge in [0.2, 0.25) is 0 Å². The predicted molar refractivity (Wildman–Crippen MR) is 122 cm³/mol. The van der Waals surface area contributed by atoms with Gasteiger partial charge in [-0.05, 0) is 69.5 Å². The average molecular weight is 475 g/mol. The Morgan fingerprint density at radius 1 is 1.12 bits per heavy atom. The molecule has 0 N–H and O–H groups in total. The summed E-state index contributed by atoms with van der Waals surface area (Å²) < 4.78 is 64.1. The molecule has 4 aromatic rings. The summed E-state index contributed by atoms with van der Waals surface area (Å²) in [7, 11) is 1.59. The topological polar surface area (TPSA) is 55.5 Å². The molecule has 0 aliphatic carbocycles. The second kappa shape index (κ2) is 9.17. The van der Waals surface area contributed by atoms with Gasteiger partial charge in [0.15, 0.2) is 0 Å². The maximum Gasteiger partial charge on any atom is 0.257 e. The van der Waals surface area contributed by atoms with E-state index in [1.807, 2.05) is 13.8 Å². The number of aryl methyl sites for hydroxylation is 2. The molecule has 6 nitrogen and oxygen atoms in total. The van der Waals surface area contributed by atoms with Gasteiger partial charge < -0.3 is 9.64 Å². The Morgan fingerprint density at radius 3 is 2.59 bits per heavy atom. The molecule has 0 spiro atoms. The van der Waals surface area contributed by atoms with Crippen LogP contribution in [0.4, 0.5) is 29.1 Å². The summed E-state index contributed by atoms with van der Waals surface area (Å²) in [6, 6.07) is 8.48. The van der Waals surface area contributed by atoms with E-state index in [2.05, 4.69) is 15.2 Å². The summed E-state index contributed by atoms with van der Waals surface area (Å²) in [4.78, 5) is 5.51. The summed E-state index contributed by atoms with van der Waals surface area (Å²) >= 11 is 0. The molecular weight excluding hydrogens is 450 g/mol. The maximum atomic E-state index is 15.1. The highest BCUT2D eigenvalue weighted by Gasteiger charge is 2.25. The van der Waals surface area contributed by atoms with Crippen LogP contribution in [0.5, 0.6) is 0 Å². The number of hydrogen-bond acceptors (Lipinski definition) is 5. The highest BCUT2D eigenvalue weighted by molar-refractivity contribution is 5.94. The Balaban J connectivity index is 1.90. The van der Waals surface area contributed by atoms with E-state index in [9.17, 15) is 13.2 Å². The molecule has 0 fully saturated rings. The highest BCUT2D eigenvalue weighted by Crippen LogP contribution is 2.35. The van der Waals surface area contributed by atoms with Crippen LogP contribution in [0.1, 0.15) is 31.7 Å². The number of benzene rings is 2. The number of alkyl halides is 2. The molecule has 180 valence electrons. The van der Waals surface area contributed by atoms with Gasteiger partial charge in [0.05, 0.1) is 23.0 Å². The quantitative estimate of drug-likeness (QED) is 0.310. The molecule has 0 bridgehead atoms. The molecule has 0 aliphatic rings. The predicted octanol–water partition coefficient (Wildman–Crippen LogP) is 5.62. The minimum Gasteiger partial charge on any atom is -0.379 e. The first-order chi connectivity index (χ1) is 16.1. The minimum absolute atomic E-state index is 0.0184. The first kappa shape index (κ1) is 23.9. The molecule has 0 amide bonds. The van der Waals surface area contributed by atoms with Crippen LogP contribution in [0.25, 0.3) is 16.7 Å². The molecule has 0 radical (unpaired) electrons. The van der Waals surface area contributed by atoms with Crippen molar-refractivity contribution in [2.24, 2.45) is 0 Å². The van der Waals surface area contributed by atoms with Crippen molar-refractivity contribution in [3.8, 4) is 0 Å². The fourth-order valence-corrected chi connectivity index (χ4v) is 3.91. The van der Waals surface area contributed by atoms with E-state index in [0.717, 1.165) is 11.0 Å². The molecule has 10 heteroatoms. The molecule has 0 saturated heterocycles. The molecule has 4 rings (SSSR count). The van der Waals surface area contributed by atoms with E-state index in [1.54, 1.807) is 30.6 Å². The van der Waals surface area contributed by atoms with Gasteiger partial charge in [0.25, 0.3) is 12.2 Å². The van der Waals surface area contributed by atoms with Crippen LogP contribution >= 0.6 is 0 Å². The van der Waals surface area contributed by atoms with Gasteiger partial charge in [-0.1, -0.05) is 6.07 Å². The molecule has 0 saturated carbocycles. The normalized spacial score (nSPS) is 12.3. The van der Waals surface area contributed by atoms with Crippen molar-refractivity contribution in [3.05, 3.63) is 59.4 Å². The SMILES string of the molecule is COC(C)(C)CCc1cc(F)cc(N(CC(F)F)c2nc3nnc(C)n3c3cccc(F)c23)c1. The maximum absolute atomic E-state index is 15.1. The lowest BCUT2D eigenvalue weighted by Crippen LogP contribution is -2.26. The van der Waals surface area contributed by atoms with Gasteiger partial charge in [0.1, 0.15) is 23.3 Å². The minimum atomic E-state index is -2.79. The summed E-state index contributed by atoms with van der Waals surface area (Å²) in [6.07, 6.45) is -1.75. The summed E-state index contributed by atoms with van der Waals surface area (Å²) in [5.41, 5.74) is 0.680. The molecule has 34 heavy (non-hydrogen) atoms. The van der Waals surface area contributed by atoms with Crippen molar-refractivity contribution in [2.75, 3.05) is 18.6 Å². The average Bonchev–Trinajstić information content (AvgIpc) is 3.16. The number of anilines is 2. The van der Waals surface area contributed by atoms with Gasteiger partial charge in [-0.25, -0.2) is 17.6 Å². The Hall–Kier alpha value is -3.27. The molecule has 0 atom stereocenters. The number of halogens is 4. The van der Waals surface area contributed by atoms with Crippen LogP contribution in [0.15, 0.2) is 36.4 Å². The Kier molecular flexibility index (Phi) is 6.44. The van der Waals surface area contributed by atoms with Gasteiger partial charge in [-0.15, -0.1) is 10.2 Å². The lowest BCUT2D eigenvalue weighted by molar-refractivity contribution is 0.0158. The fraction of sp³-hybridized carbons (Fsp3) is 0.375. The third-order valence-electron chi connectivity index (χ3n) is 5.87. The van der Waals surface area contributed by atoms with Crippen LogP contribution in [0.2, 0.25) is 0 Å². The van der Waals surface area contributed by atoms with E-state index < -0.39 is 30.2 Å². The summed E-state index contributed by atoms with van der Waals surface area (Å²) in [5.74, 6) is -0.719. The van der Waals surface area contributed by atoms with Crippen molar-refractivity contribution in [3.63, 3.8) is 0 Å². The monoisotopic (exact) mass is 475 g/mol. The first-order valence-corrected chi connectivity index (χ1v) is 10.8. The summed E-state index contributed by atoms with van der Waals surface area (Å²) in [6.45, 7) is 4.69. The zero-order valence-corrected chi connectivity index (χ0v) is 19.3. The second-order valence-electron chi connectivity index (χ2n) is 8.74. The number of ether oxygens (including phenoxy) is 1. The third-order valence-corrected chi connectivity index (χ3v) is 5.87. The summed E-state index contributed by atoms with van der Waals surface area (Å²) in [5, 5.41) is 7.99. The van der Waals surface area contributed by atoms with E-state index in [1.165, 1.54) is 18.2 Å². The zero-order chi connectivity index (χ0) is 24.6. The van der Waals surface area contributed by atoms with Gasteiger partial charge in [0, 0.05) is 12.8 Å². The Labute approximate surface area is 194 Å².